The summed E-state index contributed by atoms with van der Waals surface area (Å²) in [6, 6.07) is 17.1. The van der Waals surface area contributed by atoms with Crippen LogP contribution in [0.25, 0.3) is 0 Å². The molecule has 6 heteroatoms. The van der Waals surface area contributed by atoms with Gasteiger partial charge in [0.05, 0.1) is 6.54 Å². The Balaban J connectivity index is 0.000000252. The fraction of sp³-hybridized carbons (Fsp3) is 0.333. The molecule has 0 amide bonds. The van der Waals surface area contributed by atoms with Crippen molar-refractivity contribution in [2.24, 2.45) is 11.5 Å². The number of carboxylic acids is 1. The number of hydrogen-bond acceptors (Lipinski definition) is 5. The molecular formula is C21H28N2O4. The zero-order valence-corrected chi connectivity index (χ0v) is 15.4. The Kier molecular flexibility index (Phi) is 11.2. The van der Waals surface area contributed by atoms with Gasteiger partial charge in [-0.15, -0.1) is 0 Å². The summed E-state index contributed by atoms with van der Waals surface area (Å²) in [5.74, 6) is 0.549. The first kappa shape index (κ1) is 22.3. The van der Waals surface area contributed by atoms with Gasteiger partial charge in [0.15, 0.2) is 0 Å². The van der Waals surface area contributed by atoms with Crippen molar-refractivity contribution in [3.63, 3.8) is 0 Å². The number of benzene rings is 2. The topological polar surface area (TPSA) is 116 Å². The van der Waals surface area contributed by atoms with Crippen molar-refractivity contribution in [1.82, 2.24) is 0 Å². The monoisotopic (exact) mass is 372 g/mol. The summed E-state index contributed by atoms with van der Waals surface area (Å²) < 4.78 is 5.56. The zero-order chi connectivity index (χ0) is 19.9. The lowest BCUT2D eigenvalue weighted by molar-refractivity contribution is -0.135. The lowest BCUT2D eigenvalue weighted by Gasteiger charge is -2.15. The molecule has 2 aromatic carbocycles. The SMILES string of the molecule is NC1CCCCC1.NCC(=O)O.O=Cc1ccc(Oc2ccccc2)cc1. The third-order valence-electron chi connectivity index (χ3n) is 3.82. The molecule has 2 aromatic rings. The zero-order valence-electron chi connectivity index (χ0n) is 15.4. The minimum absolute atomic E-state index is 0.278. The molecule has 0 aromatic heterocycles. The van der Waals surface area contributed by atoms with Crippen LogP contribution in [0.3, 0.4) is 0 Å². The molecule has 6 nitrogen and oxygen atoms in total. The summed E-state index contributed by atoms with van der Waals surface area (Å²) in [4.78, 5) is 19.7. The maximum absolute atomic E-state index is 10.4. The van der Waals surface area contributed by atoms with Crippen LogP contribution in [0.15, 0.2) is 54.6 Å². The van der Waals surface area contributed by atoms with Gasteiger partial charge in [0, 0.05) is 11.6 Å². The van der Waals surface area contributed by atoms with Crippen LogP contribution >= 0.6 is 0 Å². The molecule has 3 rings (SSSR count). The van der Waals surface area contributed by atoms with Crippen molar-refractivity contribution in [2.75, 3.05) is 6.54 Å². The van der Waals surface area contributed by atoms with Crippen molar-refractivity contribution in [1.29, 1.82) is 0 Å². The molecule has 0 saturated heterocycles. The van der Waals surface area contributed by atoms with Crippen LogP contribution in [-0.2, 0) is 4.79 Å². The maximum atomic E-state index is 10.4. The molecular weight excluding hydrogens is 344 g/mol. The van der Waals surface area contributed by atoms with Gasteiger partial charge in [-0.3, -0.25) is 9.59 Å². The second-order valence-corrected chi connectivity index (χ2v) is 6.10. The molecule has 1 aliphatic carbocycles. The minimum Gasteiger partial charge on any atom is -0.480 e. The van der Waals surface area contributed by atoms with Gasteiger partial charge in [-0.2, -0.15) is 0 Å². The number of carbonyl (C=O) groups is 2. The van der Waals surface area contributed by atoms with Crippen molar-refractivity contribution >= 4 is 12.3 Å². The first-order valence-corrected chi connectivity index (χ1v) is 9.00. The Labute approximate surface area is 160 Å². The molecule has 0 bridgehead atoms. The molecule has 5 N–H and O–H groups in total. The van der Waals surface area contributed by atoms with Crippen LogP contribution < -0.4 is 16.2 Å². The largest absolute Gasteiger partial charge is 0.480 e. The standard InChI is InChI=1S/C13H10O2.C6H13N.C2H5NO2/c14-10-11-6-8-13(9-7-11)15-12-4-2-1-3-5-12;7-6-4-2-1-3-5-6;3-1-2(4)5/h1-10H;6H,1-5,7H2;1,3H2,(H,4,5). The number of aldehydes is 1. The molecule has 1 fully saturated rings. The third-order valence-corrected chi connectivity index (χ3v) is 3.82. The normalized spacial score (nSPS) is 13.3. The van der Waals surface area contributed by atoms with Crippen molar-refractivity contribution in [3.05, 3.63) is 60.2 Å². The highest BCUT2D eigenvalue weighted by Crippen LogP contribution is 2.20. The van der Waals surface area contributed by atoms with E-state index in [0.29, 0.717) is 11.6 Å². The second-order valence-electron chi connectivity index (χ2n) is 6.10. The number of aliphatic carboxylic acids is 1. The molecule has 0 radical (unpaired) electrons. The van der Waals surface area contributed by atoms with Crippen LogP contribution in [0.4, 0.5) is 0 Å². The van der Waals surface area contributed by atoms with Gasteiger partial charge in [0.2, 0.25) is 0 Å². The fourth-order valence-electron chi connectivity index (χ4n) is 2.37. The summed E-state index contributed by atoms with van der Waals surface area (Å²) >= 11 is 0. The van der Waals surface area contributed by atoms with Gasteiger partial charge in [-0.05, 0) is 49.2 Å². The highest BCUT2D eigenvalue weighted by molar-refractivity contribution is 5.74. The van der Waals surface area contributed by atoms with E-state index in [2.05, 4.69) is 5.73 Å². The lowest BCUT2D eigenvalue weighted by Crippen LogP contribution is -2.22. The van der Waals surface area contributed by atoms with E-state index in [0.717, 1.165) is 17.8 Å². The van der Waals surface area contributed by atoms with Crippen LogP contribution in [0.5, 0.6) is 11.5 Å². The average Bonchev–Trinajstić information content (AvgIpc) is 2.71. The summed E-state index contributed by atoms with van der Waals surface area (Å²) in [5, 5.41) is 7.60. The van der Waals surface area contributed by atoms with Gasteiger partial charge >= 0.3 is 5.97 Å². The lowest BCUT2D eigenvalue weighted by atomic mass is 9.97. The number of rotatable bonds is 4. The van der Waals surface area contributed by atoms with Gasteiger partial charge in [-0.1, -0.05) is 37.5 Å². The Morgan fingerprint density at radius 1 is 1.00 bits per heavy atom. The minimum atomic E-state index is -0.968. The number of carbonyl (C=O) groups excluding carboxylic acids is 1. The molecule has 1 saturated carbocycles. The van der Waals surface area contributed by atoms with E-state index in [1.165, 1.54) is 32.1 Å². The number of nitrogens with two attached hydrogens (primary N) is 2. The van der Waals surface area contributed by atoms with Crippen LogP contribution in [0, 0.1) is 0 Å². The maximum Gasteiger partial charge on any atom is 0.317 e. The fourth-order valence-corrected chi connectivity index (χ4v) is 2.37. The quantitative estimate of drug-likeness (QED) is 0.706. The third kappa shape index (κ3) is 10.8. The first-order chi connectivity index (χ1) is 13.0. The molecule has 1 aliphatic rings. The van der Waals surface area contributed by atoms with E-state index in [1.807, 2.05) is 30.3 Å². The smallest absolute Gasteiger partial charge is 0.317 e. The van der Waals surface area contributed by atoms with Crippen LogP contribution in [0.2, 0.25) is 0 Å². The Morgan fingerprint density at radius 2 is 1.52 bits per heavy atom. The first-order valence-electron chi connectivity index (χ1n) is 9.00. The molecule has 0 heterocycles. The van der Waals surface area contributed by atoms with Crippen molar-refractivity contribution in [3.8, 4) is 11.5 Å². The molecule has 27 heavy (non-hydrogen) atoms. The number of carboxylic acid groups (broad SMARTS) is 1. The van der Waals surface area contributed by atoms with E-state index in [9.17, 15) is 9.59 Å². The van der Waals surface area contributed by atoms with Gasteiger partial charge < -0.3 is 21.3 Å². The van der Waals surface area contributed by atoms with Gasteiger partial charge in [-0.25, -0.2) is 0 Å². The molecule has 0 spiro atoms. The number of hydrogen-bond donors (Lipinski definition) is 3. The van der Waals surface area contributed by atoms with Crippen LogP contribution in [-0.4, -0.2) is 29.9 Å². The van der Waals surface area contributed by atoms with E-state index >= 15 is 0 Å². The summed E-state index contributed by atoms with van der Waals surface area (Å²) in [5.41, 5.74) is 10.9. The number of ether oxygens (including phenoxy) is 1. The average molecular weight is 372 g/mol. The summed E-state index contributed by atoms with van der Waals surface area (Å²) in [7, 11) is 0. The van der Waals surface area contributed by atoms with Crippen molar-refractivity contribution < 1.29 is 19.4 Å². The molecule has 0 aliphatic heterocycles. The predicted octanol–water partition coefficient (Wildman–Crippen LogP) is 3.60. The summed E-state index contributed by atoms with van der Waals surface area (Å²) in [6.07, 6.45) is 7.47. The highest BCUT2D eigenvalue weighted by Gasteiger charge is 2.06. The van der Waals surface area contributed by atoms with E-state index in [1.54, 1.807) is 24.3 Å². The number of para-hydroxylation sites is 1. The molecule has 146 valence electrons. The highest BCUT2D eigenvalue weighted by atomic mass is 16.5. The Morgan fingerprint density at radius 3 is 1.93 bits per heavy atom. The van der Waals surface area contributed by atoms with Gasteiger partial charge in [0.25, 0.3) is 0 Å². The molecule has 0 atom stereocenters. The Hall–Kier alpha value is -2.70. The Bertz CT molecular complexity index is 654. The predicted molar refractivity (Wildman–Crippen MR) is 106 cm³/mol. The second kappa shape index (κ2) is 13.5. The molecule has 0 unspecified atom stereocenters. The van der Waals surface area contributed by atoms with Crippen LogP contribution in [0.1, 0.15) is 42.5 Å². The van der Waals surface area contributed by atoms with E-state index in [4.69, 9.17) is 15.6 Å². The van der Waals surface area contributed by atoms with Crippen molar-refractivity contribution in [2.45, 2.75) is 38.1 Å². The van der Waals surface area contributed by atoms with Gasteiger partial charge in [0.1, 0.15) is 17.8 Å². The summed E-state index contributed by atoms with van der Waals surface area (Å²) in [6.45, 7) is -0.278. The van der Waals surface area contributed by atoms with E-state index < -0.39 is 5.97 Å². The van der Waals surface area contributed by atoms with E-state index in [-0.39, 0.29) is 6.54 Å².